The highest BCUT2D eigenvalue weighted by atomic mass is 32.2. The van der Waals surface area contributed by atoms with Gasteiger partial charge in [0.25, 0.3) is 0 Å². The van der Waals surface area contributed by atoms with Gasteiger partial charge in [0.2, 0.25) is 10.0 Å². The van der Waals surface area contributed by atoms with Crippen LogP contribution in [0, 0.1) is 6.92 Å². The maximum absolute atomic E-state index is 12.2. The molecule has 1 N–H and O–H groups in total. The van der Waals surface area contributed by atoms with E-state index in [1.165, 1.54) is 0 Å². The van der Waals surface area contributed by atoms with Gasteiger partial charge in [-0.1, -0.05) is 0 Å². The Bertz CT molecular complexity index is 885. The standard InChI is InChI=1S/C21H32N2O7S/c1-6-28-19(24)14-31(26,27)22-16-7-8-18(15(2)13-16)29-17-9-11-23(12-10-17)20(25)30-21(3,4)5/h7-8,13,17,22H,6,9-12,14H2,1-5H3. The zero-order chi connectivity index (χ0) is 23.2. The van der Waals surface area contributed by atoms with Crippen LogP contribution in [0.5, 0.6) is 5.75 Å². The third-order valence-electron chi connectivity index (χ3n) is 4.45. The predicted molar refractivity (Wildman–Crippen MR) is 117 cm³/mol. The number of ether oxygens (including phenoxy) is 3. The van der Waals surface area contributed by atoms with Crippen molar-refractivity contribution in [3.63, 3.8) is 0 Å². The average molecular weight is 457 g/mol. The zero-order valence-electron chi connectivity index (χ0n) is 18.8. The molecule has 1 aromatic rings. The molecule has 1 aromatic carbocycles. The Kier molecular flexibility index (Phi) is 8.16. The molecule has 0 saturated carbocycles. The van der Waals surface area contributed by atoms with Gasteiger partial charge in [-0.2, -0.15) is 0 Å². The molecule has 0 unspecified atom stereocenters. The molecule has 0 atom stereocenters. The van der Waals surface area contributed by atoms with E-state index in [2.05, 4.69) is 9.46 Å². The summed E-state index contributed by atoms with van der Waals surface area (Å²) in [6.07, 6.45) is 0.976. The van der Waals surface area contributed by atoms with E-state index in [1.807, 2.05) is 27.7 Å². The molecule has 1 aliphatic heterocycles. The Balaban J connectivity index is 1.90. The van der Waals surface area contributed by atoms with E-state index in [0.717, 1.165) is 5.56 Å². The second-order valence-electron chi connectivity index (χ2n) is 8.43. The SMILES string of the molecule is CCOC(=O)CS(=O)(=O)Nc1ccc(OC2CCN(C(=O)OC(C)(C)C)CC2)c(C)c1. The lowest BCUT2D eigenvalue weighted by Crippen LogP contribution is -2.44. The summed E-state index contributed by atoms with van der Waals surface area (Å²) in [4.78, 5) is 25.3. The van der Waals surface area contributed by atoms with Crippen molar-refractivity contribution in [1.29, 1.82) is 0 Å². The number of aryl methyl sites for hydroxylation is 1. The summed E-state index contributed by atoms with van der Waals surface area (Å²) in [6.45, 7) is 10.2. The molecule has 1 saturated heterocycles. The summed E-state index contributed by atoms with van der Waals surface area (Å²) in [7, 11) is -3.85. The number of hydrogen-bond acceptors (Lipinski definition) is 7. The summed E-state index contributed by atoms with van der Waals surface area (Å²) in [5.74, 6) is -0.901. The highest BCUT2D eigenvalue weighted by Gasteiger charge is 2.28. The van der Waals surface area contributed by atoms with Crippen LogP contribution in [-0.2, 0) is 24.3 Å². The Morgan fingerprint density at radius 3 is 2.39 bits per heavy atom. The number of nitrogens with zero attached hydrogens (tertiary/aromatic N) is 1. The quantitative estimate of drug-likeness (QED) is 0.628. The van der Waals surface area contributed by atoms with Gasteiger partial charge in [-0.25, -0.2) is 13.2 Å². The predicted octanol–water partition coefficient (Wildman–Crippen LogP) is 3.08. The normalized spacial score (nSPS) is 15.3. The number of carbonyl (C=O) groups excluding carboxylic acids is 2. The van der Waals surface area contributed by atoms with Crippen LogP contribution in [0.15, 0.2) is 18.2 Å². The molecular formula is C21H32N2O7S. The first-order valence-corrected chi connectivity index (χ1v) is 11.9. The van der Waals surface area contributed by atoms with Crippen molar-refractivity contribution in [1.82, 2.24) is 4.90 Å². The summed E-state index contributed by atoms with van der Waals surface area (Å²) in [6, 6.07) is 4.92. The third kappa shape index (κ3) is 8.28. The molecule has 0 aliphatic carbocycles. The van der Waals surface area contributed by atoms with Gasteiger partial charge in [-0.15, -0.1) is 0 Å². The lowest BCUT2D eigenvalue weighted by molar-refractivity contribution is -0.139. The van der Waals surface area contributed by atoms with Crippen LogP contribution in [0.3, 0.4) is 0 Å². The van der Waals surface area contributed by atoms with Gasteiger partial charge in [-0.05, 0) is 58.4 Å². The van der Waals surface area contributed by atoms with E-state index in [1.54, 1.807) is 30.0 Å². The number of rotatable bonds is 7. The maximum atomic E-state index is 12.2. The van der Waals surface area contributed by atoms with E-state index in [9.17, 15) is 18.0 Å². The molecule has 0 radical (unpaired) electrons. The molecular weight excluding hydrogens is 424 g/mol. The highest BCUT2D eigenvalue weighted by molar-refractivity contribution is 7.93. The number of carbonyl (C=O) groups is 2. The average Bonchev–Trinajstić information content (AvgIpc) is 2.62. The highest BCUT2D eigenvalue weighted by Crippen LogP contribution is 2.26. The molecule has 9 nitrogen and oxygen atoms in total. The van der Waals surface area contributed by atoms with Crippen molar-refractivity contribution in [2.45, 2.75) is 59.2 Å². The molecule has 1 aliphatic rings. The largest absolute Gasteiger partial charge is 0.490 e. The fourth-order valence-electron chi connectivity index (χ4n) is 3.08. The Labute approximate surface area is 184 Å². The van der Waals surface area contributed by atoms with E-state index in [4.69, 9.17) is 9.47 Å². The smallest absolute Gasteiger partial charge is 0.410 e. The van der Waals surface area contributed by atoms with Crippen molar-refractivity contribution in [2.24, 2.45) is 0 Å². The van der Waals surface area contributed by atoms with Crippen molar-refractivity contribution in [3.05, 3.63) is 23.8 Å². The molecule has 1 amide bonds. The Morgan fingerprint density at radius 2 is 1.84 bits per heavy atom. The number of benzene rings is 1. The Morgan fingerprint density at radius 1 is 1.19 bits per heavy atom. The molecule has 174 valence electrons. The number of sulfonamides is 1. The number of esters is 1. The first-order chi connectivity index (χ1) is 14.4. The van der Waals surface area contributed by atoms with Crippen LogP contribution in [0.2, 0.25) is 0 Å². The van der Waals surface area contributed by atoms with Crippen LogP contribution in [0.25, 0.3) is 0 Å². The molecule has 1 heterocycles. The van der Waals surface area contributed by atoms with E-state index in [0.29, 0.717) is 37.4 Å². The molecule has 2 rings (SSSR count). The van der Waals surface area contributed by atoms with Gasteiger partial charge in [0.05, 0.1) is 6.61 Å². The molecule has 0 aromatic heterocycles. The fourth-order valence-corrected chi connectivity index (χ4v) is 4.03. The molecule has 0 bridgehead atoms. The van der Waals surface area contributed by atoms with Crippen molar-refractivity contribution < 1.29 is 32.2 Å². The first kappa shape index (κ1) is 24.8. The monoisotopic (exact) mass is 456 g/mol. The van der Waals surface area contributed by atoms with Crippen LogP contribution >= 0.6 is 0 Å². The van der Waals surface area contributed by atoms with Crippen LogP contribution < -0.4 is 9.46 Å². The molecule has 31 heavy (non-hydrogen) atoms. The van der Waals surface area contributed by atoms with Crippen molar-refractivity contribution in [3.8, 4) is 5.75 Å². The number of anilines is 1. The van der Waals surface area contributed by atoms with Gasteiger partial charge in [0.1, 0.15) is 17.5 Å². The number of amides is 1. The lowest BCUT2D eigenvalue weighted by Gasteiger charge is -2.33. The first-order valence-electron chi connectivity index (χ1n) is 10.3. The van der Waals surface area contributed by atoms with E-state index >= 15 is 0 Å². The van der Waals surface area contributed by atoms with Gasteiger partial charge in [-0.3, -0.25) is 9.52 Å². The van der Waals surface area contributed by atoms with E-state index < -0.39 is 27.3 Å². The lowest BCUT2D eigenvalue weighted by atomic mass is 10.1. The molecule has 0 spiro atoms. The second-order valence-corrected chi connectivity index (χ2v) is 10.2. The third-order valence-corrected chi connectivity index (χ3v) is 5.61. The van der Waals surface area contributed by atoms with Crippen LogP contribution in [0.1, 0.15) is 46.1 Å². The van der Waals surface area contributed by atoms with Crippen LogP contribution in [-0.4, -0.2) is 62.5 Å². The summed E-state index contributed by atoms with van der Waals surface area (Å²) in [5.41, 5.74) is 0.570. The minimum absolute atomic E-state index is 0.0521. The van der Waals surface area contributed by atoms with Gasteiger partial charge in [0, 0.05) is 31.6 Å². The van der Waals surface area contributed by atoms with Crippen molar-refractivity contribution in [2.75, 3.05) is 30.2 Å². The van der Waals surface area contributed by atoms with Gasteiger partial charge in [0.15, 0.2) is 5.75 Å². The van der Waals surface area contributed by atoms with Gasteiger partial charge < -0.3 is 19.1 Å². The maximum Gasteiger partial charge on any atom is 0.410 e. The summed E-state index contributed by atoms with van der Waals surface area (Å²) in [5, 5.41) is 0. The molecule has 10 heteroatoms. The van der Waals surface area contributed by atoms with E-state index in [-0.39, 0.29) is 18.8 Å². The summed E-state index contributed by atoms with van der Waals surface area (Å²) >= 11 is 0. The number of piperidine rings is 1. The second kappa shape index (κ2) is 10.2. The van der Waals surface area contributed by atoms with Gasteiger partial charge >= 0.3 is 12.1 Å². The topological polar surface area (TPSA) is 111 Å². The minimum atomic E-state index is -3.85. The fraction of sp³-hybridized carbons (Fsp3) is 0.619. The Hall–Kier alpha value is -2.49. The van der Waals surface area contributed by atoms with Crippen LogP contribution in [0.4, 0.5) is 10.5 Å². The zero-order valence-corrected chi connectivity index (χ0v) is 19.6. The number of likely N-dealkylation sites (tertiary alicyclic amines) is 1. The molecule has 1 fully saturated rings. The van der Waals surface area contributed by atoms with Crippen molar-refractivity contribution >= 4 is 27.8 Å². The minimum Gasteiger partial charge on any atom is -0.490 e. The number of hydrogen-bond donors (Lipinski definition) is 1. The number of nitrogens with one attached hydrogen (secondary N) is 1. The summed E-state index contributed by atoms with van der Waals surface area (Å²) < 4.78 is 42.7.